The molecule has 1 amide bonds. The van der Waals surface area contributed by atoms with Crippen molar-refractivity contribution in [1.82, 2.24) is 5.32 Å². The fraction of sp³-hybridized carbons (Fsp3) is 0.429. The molecular formula is C14H19NO4. The topological polar surface area (TPSA) is 86.6 Å². The fourth-order valence-corrected chi connectivity index (χ4v) is 1.78. The highest BCUT2D eigenvalue weighted by molar-refractivity contribution is 5.97. The van der Waals surface area contributed by atoms with Gasteiger partial charge in [-0.2, -0.15) is 0 Å². The monoisotopic (exact) mass is 265 g/mol. The maximum Gasteiger partial charge on any atom is 0.303 e. The van der Waals surface area contributed by atoms with Crippen LogP contribution in [0.2, 0.25) is 0 Å². The lowest BCUT2D eigenvalue weighted by Gasteiger charge is -2.14. The summed E-state index contributed by atoms with van der Waals surface area (Å²) < 4.78 is 0. The zero-order valence-corrected chi connectivity index (χ0v) is 11.1. The number of para-hydroxylation sites is 1. The second-order valence-corrected chi connectivity index (χ2v) is 4.63. The number of hydrogen-bond donors (Lipinski definition) is 3. The molecule has 0 spiro atoms. The molecule has 5 nitrogen and oxygen atoms in total. The van der Waals surface area contributed by atoms with Crippen molar-refractivity contribution in [3.05, 3.63) is 29.3 Å². The van der Waals surface area contributed by atoms with Crippen LogP contribution in [0.5, 0.6) is 5.75 Å². The second kappa shape index (κ2) is 6.78. The van der Waals surface area contributed by atoms with Crippen LogP contribution in [-0.4, -0.2) is 28.1 Å². The molecule has 0 aliphatic carbocycles. The second-order valence-electron chi connectivity index (χ2n) is 4.63. The number of phenolic OH excluding ortho intramolecular Hbond substituents is 1. The van der Waals surface area contributed by atoms with Crippen molar-refractivity contribution in [2.75, 3.05) is 0 Å². The van der Waals surface area contributed by atoms with E-state index in [-0.39, 0.29) is 29.7 Å². The van der Waals surface area contributed by atoms with Crippen molar-refractivity contribution in [1.29, 1.82) is 0 Å². The number of benzene rings is 1. The number of carboxylic acid groups (broad SMARTS) is 1. The average Bonchev–Trinajstić information content (AvgIpc) is 2.31. The number of phenols is 1. The highest BCUT2D eigenvalue weighted by Gasteiger charge is 2.14. The Kier molecular flexibility index (Phi) is 5.36. The molecule has 1 atom stereocenters. The average molecular weight is 265 g/mol. The van der Waals surface area contributed by atoms with E-state index in [1.165, 1.54) is 0 Å². The van der Waals surface area contributed by atoms with Crippen molar-refractivity contribution in [3.8, 4) is 5.75 Å². The van der Waals surface area contributed by atoms with Gasteiger partial charge in [-0.3, -0.25) is 9.59 Å². The number of nitrogens with one attached hydrogen (secondary N) is 1. The van der Waals surface area contributed by atoms with E-state index in [1.54, 1.807) is 25.1 Å². The number of aromatic hydroxyl groups is 1. The summed E-state index contributed by atoms with van der Waals surface area (Å²) in [5, 5.41) is 21.1. The molecule has 0 saturated carbocycles. The molecule has 3 N–H and O–H groups in total. The van der Waals surface area contributed by atoms with E-state index in [0.717, 1.165) is 0 Å². The molecule has 0 aliphatic rings. The third-order valence-electron chi connectivity index (χ3n) is 2.89. The Morgan fingerprint density at radius 1 is 1.37 bits per heavy atom. The van der Waals surface area contributed by atoms with Crippen molar-refractivity contribution >= 4 is 11.9 Å². The molecule has 104 valence electrons. The van der Waals surface area contributed by atoms with E-state index in [9.17, 15) is 14.7 Å². The van der Waals surface area contributed by atoms with Crippen molar-refractivity contribution < 1.29 is 19.8 Å². The first-order valence-electron chi connectivity index (χ1n) is 6.23. The Hall–Kier alpha value is -2.04. The predicted octanol–water partition coefficient (Wildman–Crippen LogP) is 2.07. The van der Waals surface area contributed by atoms with E-state index in [1.807, 2.05) is 6.92 Å². The van der Waals surface area contributed by atoms with Crippen molar-refractivity contribution in [3.63, 3.8) is 0 Å². The van der Waals surface area contributed by atoms with Crippen LogP contribution in [0.1, 0.15) is 42.1 Å². The van der Waals surface area contributed by atoms with Gasteiger partial charge in [-0.1, -0.05) is 12.1 Å². The molecule has 1 aromatic carbocycles. The molecule has 0 heterocycles. The van der Waals surface area contributed by atoms with E-state index in [2.05, 4.69) is 5.32 Å². The van der Waals surface area contributed by atoms with Crippen LogP contribution in [0.3, 0.4) is 0 Å². The number of aliphatic carboxylic acids is 1. The number of carbonyl (C=O) groups excluding carboxylic acids is 1. The Labute approximate surface area is 112 Å². The normalized spacial score (nSPS) is 11.9. The summed E-state index contributed by atoms with van der Waals surface area (Å²) in [6.07, 6.45) is 1.19. The summed E-state index contributed by atoms with van der Waals surface area (Å²) in [6.45, 7) is 3.54. The van der Waals surface area contributed by atoms with Crippen LogP contribution >= 0.6 is 0 Å². The van der Waals surface area contributed by atoms with Gasteiger partial charge in [0.1, 0.15) is 5.75 Å². The van der Waals surface area contributed by atoms with Gasteiger partial charge < -0.3 is 15.5 Å². The summed E-state index contributed by atoms with van der Waals surface area (Å²) in [4.78, 5) is 22.3. The van der Waals surface area contributed by atoms with E-state index in [4.69, 9.17) is 5.11 Å². The van der Waals surface area contributed by atoms with Gasteiger partial charge in [-0.25, -0.2) is 0 Å². The molecule has 19 heavy (non-hydrogen) atoms. The van der Waals surface area contributed by atoms with Crippen LogP contribution < -0.4 is 5.32 Å². The first-order valence-corrected chi connectivity index (χ1v) is 6.23. The van der Waals surface area contributed by atoms with Crippen LogP contribution in [0.15, 0.2) is 18.2 Å². The lowest BCUT2D eigenvalue weighted by atomic mass is 10.1. The molecule has 5 heteroatoms. The lowest BCUT2D eigenvalue weighted by molar-refractivity contribution is -0.137. The minimum absolute atomic E-state index is 0.0160. The smallest absolute Gasteiger partial charge is 0.303 e. The van der Waals surface area contributed by atoms with Gasteiger partial charge in [0.25, 0.3) is 5.91 Å². The third-order valence-corrected chi connectivity index (χ3v) is 2.89. The predicted molar refractivity (Wildman–Crippen MR) is 71.3 cm³/mol. The number of carboxylic acids is 1. The number of carbonyl (C=O) groups is 2. The zero-order chi connectivity index (χ0) is 14.4. The molecule has 1 rings (SSSR count). The molecule has 0 aliphatic heterocycles. The molecule has 1 unspecified atom stereocenters. The van der Waals surface area contributed by atoms with Gasteiger partial charge in [0.15, 0.2) is 0 Å². The summed E-state index contributed by atoms with van der Waals surface area (Å²) >= 11 is 0. The Morgan fingerprint density at radius 2 is 2.05 bits per heavy atom. The molecule has 0 fully saturated rings. The molecule has 0 bridgehead atoms. The maximum absolute atomic E-state index is 11.9. The lowest BCUT2D eigenvalue weighted by Crippen LogP contribution is -2.32. The van der Waals surface area contributed by atoms with E-state index in [0.29, 0.717) is 18.4 Å². The SMILES string of the molecule is Cc1cccc(C(=O)NC(C)CCCC(=O)O)c1O. The molecule has 0 aromatic heterocycles. The highest BCUT2D eigenvalue weighted by atomic mass is 16.4. The van der Waals surface area contributed by atoms with Gasteiger partial charge in [0, 0.05) is 12.5 Å². The summed E-state index contributed by atoms with van der Waals surface area (Å²) in [7, 11) is 0. The minimum Gasteiger partial charge on any atom is -0.507 e. The standard InChI is InChI=1S/C14H19NO4/c1-9-5-3-7-11(13(9)18)14(19)15-10(2)6-4-8-12(16)17/h3,5,7,10,18H,4,6,8H2,1-2H3,(H,15,19)(H,16,17). The summed E-state index contributed by atoms with van der Waals surface area (Å²) in [5.41, 5.74) is 0.885. The largest absolute Gasteiger partial charge is 0.507 e. The van der Waals surface area contributed by atoms with Gasteiger partial charge in [-0.15, -0.1) is 0 Å². The minimum atomic E-state index is -0.838. The Bertz CT molecular complexity index is 471. The third kappa shape index (κ3) is 4.62. The van der Waals surface area contributed by atoms with Crippen LogP contribution in [-0.2, 0) is 4.79 Å². The summed E-state index contributed by atoms with van der Waals surface area (Å²) in [5.74, 6) is -1.20. The van der Waals surface area contributed by atoms with Gasteiger partial charge >= 0.3 is 5.97 Å². The number of hydrogen-bond acceptors (Lipinski definition) is 3. The van der Waals surface area contributed by atoms with Gasteiger partial charge in [0.2, 0.25) is 0 Å². The van der Waals surface area contributed by atoms with Crippen molar-refractivity contribution in [2.45, 2.75) is 39.2 Å². The van der Waals surface area contributed by atoms with Crippen LogP contribution in [0, 0.1) is 6.92 Å². The Balaban J connectivity index is 2.54. The van der Waals surface area contributed by atoms with Gasteiger partial charge in [0.05, 0.1) is 5.56 Å². The van der Waals surface area contributed by atoms with E-state index < -0.39 is 5.97 Å². The summed E-state index contributed by atoms with van der Waals surface area (Å²) in [6, 6.07) is 4.86. The number of aryl methyl sites for hydroxylation is 1. The molecule has 1 aromatic rings. The molecule has 0 radical (unpaired) electrons. The van der Waals surface area contributed by atoms with E-state index >= 15 is 0 Å². The first kappa shape index (κ1) is 15.0. The first-order chi connectivity index (χ1) is 8.91. The number of rotatable bonds is 6. The number of amides is 1. The van der Waals surface area contributed by atoms with Crippen LogP contribution in [0.4, 0.5) is 0 Å². The fourth-order valence-electron chi connectivity index (χ4n) is 1.78. The van der Waals surface area contributed by atoms with Crippen LogP contribution in [0.25, 0.3) is 0 Å². The zero-order valence-electron chi connectivity index (χ0n) is 11.1. The van der Waals surface area contributed by atoms with Crippen molar-refractivity contribution in [2.24, 2.45) is 0 Å². The highest BCUT2D eigenvalue weighted by Crippen LogP contribution is 2.21. The quantitative estimate of drug-likeness (QED) is 0.735. The maximum atomic E-state index is 11.9. The molecular weight excluding hydrogens is 246 g/mol. The van der Waals surface area contributed by atoms with Gasteiger partial charge in [-0.05, 0) is 38.3 Å². The Morgan fingerprint density at radius 3 is 2.68 bits per heavy atom. The molecule has 0 saturated heterocycles.